The molecule has 2 heterocycles. The lowest BCUT2D eigenvalue weighted by Gasteiger charge is -2.36. The van der Waals surface area contributed by atoms with E-state index in [0.29, 0.717) is 6.54 Å². The van der Waals surface area contributed by atoms with E-state index in [-0.39, 0.29) is 6.04 Å². The molecule has 0 saturated carbocycles. The number of benzene rings is 1. The smallest absolute Gasteiger partial charge is 0.141 e. The van der Waals surface area contributed by atoms with Gasteiger partial charge in [-0.05, 0) is 50.9 Å². The van der Waals surface area contributed by atoms with Crippen LogP contribution < -0.4 is 4.74 Å². The molecule has 2 aromatic rings. The SMILES string of the molecule is CCn1ncnc1CN1CCC[C@H]1[C@](C)(O)c1ccc(OC)cc1. The third kappa shape index (κ3) is 3.16. The number of aliphatic hydroxyl groups is 1. The minimum absolute atomic E-state index is 0.0629. The van der Waals surface area contributed by atoms with Gasteiger partial charge in [0.2, 0.25) is 0 Å². The fourth-order valence-electron chi connectivity index (χ4n) is 3.63. The first-order chi connectivity index (χ1) is 11.6. The number of rotatable bonds is 6. The molecule has 0 spiro atoms. The van der Waals surface area contributed by atoms with Crippen LogP contribution in [0.3, 0.4) is 0 Å². The second kappa shape index (κ2) is 6.91. The third-order valence-electron chi connectivity index (χ3n) is 5.03. The van der Waals surface area contributed by atoms with E-state index in [2.05, 4.69) is 21.9 Å². The molecule has 0 amide bonds. The summed E-state index contributed by atoms with van der Waals surface area (Å²) in [5.41, 5.74) is -0.00279. The maximum atomic E-state index is 11.2. The molecule has 0 aliphatic carbocycles. The molecule has 1 saturated heterocycles. The topological polar surface area (TPSA) is 63.4 Å². The monoisotopic (exact) mass is 330 g/mol. The Hall–Kier alpha value is -1.92. The molecule has 3 rings (SSSR count). The highest BCUT2D eigenvalue weighted by atomic mass is 16.5. The summed E-state index contributed by atoms with van der Waals surface area (Å²) in [5, 5.41) is 15.5. The van der Waals surface area contributed by atoms with Gasteiger partial charge in [0, 0.05) is 12.6 Å². The number of nitrogens with zero attached hydrogens (tertiary/aromatic N) is 4. The van der Waals surface area contributed by atoms with Gasteiger partial charge in [-0.1, -0.05) is 12.1 Å². The fourth-order valence-corrected chi connectivity index (χ4v) is 3.63. The van der Waals surface area contributed by atoms with Crippen molar-refractivity contribution in [1.82, 2.24) is 19.7 Å². The first-order valence-corrected chi connectivity index (χ1v) is 8.54. The van der Waals surface area contributed by atoms with Gasteiger partial charge in [-0.25, -0.2) is 9.67 Å². The lowest BCUT2D eigenvalue weighted by atomic mass is 9.86. The molecular formula is C18H26N4O2. The molecule has 2 atom stereocenters. The van der Waals surface area contributed by atoms with Crippen molar-refractivity contribution in [3.63, 3.8) is 0 Å². The standard InChI is InChI=1S/C18H26N4O2/c1-4-22-17(19-13-20-22)12-21-11-5-6-16(21)18(2,23)14-7-9-15(24-3)10-8-14/h7-10,13,16,23H,4-6,11-12H2,1-3H3/t16-,18+/m0/s1. The van der Waals surface area contributed by atoms with Crippen LogP contribution in [0.1, 0.15) is 38.1 Å². The zero-order valence-electron chi connectivity index (χ0n) is 14.6. The first-order valence-electron chi connectivity index (χ1n) is 8.54. The normalized spacial score (nSPS) is 20.9. The van der Waals surface area contributed by atoms with Crippen LogP contribution >= 0.6 is 0 Å². The van der Waals surface area contributed by atoms with Gasteiger partial charge >= 0.3 is 0 Å². The molecular weight excluding hydrogens is 304 g/mol. The van der Waals surface area contributed by atoms with Crippen molar-refractivity contribution in [2.45, 2.75) is 51.4 Å². The summed E-state index contributed by atoms with van der Waals surface area (Å²) in [6.07, 6.45) is 3.65. The minimum atomic E-state index is -0.917. The van der Waals surface area contributed by atoms with E-state index in [1.165, 1.54) is 0 Å². The molecule has 0 bridgehead atoms. The maximum absolute atomic E-state index is 11.2. The predicted octanol–water partition coefficient (Wildman–Crippen LogP) is 2.18. The van der Waals surface area contributed by atoms with Gasteiger partial charge in [0.05, 0.1) is 13.7 Å². The summed E-state index contributed by atoms with van der Waals surface area (Å²) in [6, 6.07) is 7.76. The van der Waals surface area contributed by atoms with E-state index >= 15 is 0 Å². The van der Waals surface area contributed by atoms with Crippen molar-refractivity contribution in [2.24, 2.45) is 0 Å². The van der Waals surface area contributed by atoms with Gasteiger partial charge in [0.25, 0.3) is 0 Å². The highest BCUT2D eigenvalue weighted by Crippen LogP contribution is 2.35. The predicted molar refractivity (Wildman–Crippen MR) is 91.7 cm³/mol. The van der Waals surface area contributed by atoms with E-state index in [1.54, 1.807) is 13.4 Å². The quantitative estimate of drug-likeness (QED) is 0.879. The number of hydrogen-bond donors (Lipinski definition) is 1. The highest BCUT2D eigenvalue weighted by Gasteiger charge is 2.40. The van der Waals surface area contributed by atoms with Crippen LogP contribution in [0.2, 0.25) is 0 Å². The molecule has 1 N–H and O–H groups in total. The molecule has 1 aromatic heterocycles. The molecule has 1 aliphatic heterocycles. The van der Waals surface area contributed by atoms with Crippen molar-refractivity contribution in [3.05, 3.63) is 42.0 Å². The van der Waals surface area contributed by atoms with Crippen molar-refractivity contribution in [1.29, 1.82) is 0 Å². The van der Waals surface area contributed by atoms with Crippen LogP contribution in [-0.2, 0) is 18.7 Å². The number of hydrogen-bond acceptors (Lipinski definition) is 5. The molecule has 24 heavy (non-hydrogen) atoms. The van der Waals surface area contributed by atoms with E-state index in [1.807, 2.05) is 35.9 Å². The van der Waals surface area contributed by atoms with Gasteiger partial charge < -0.3 is 9.84 Å². The number of likely N-dealkylation sites (tertiary alicyclic amines) is 1. The molecule has 1 aliphatic rings. The van der Waals surface area contributed by atoms with E-state index in [4.69, 9.17) is 4.74 Å². The van der Waals surface area contributed by atoms with Crippen molar-refractivity contribution < 1.29 is 9.84 Å². The Balaban J connectivity index is 1.80. The maximum Gasteiger partial charge on any atom is 0.141 e. The van der Waals surface area contributed by atoms with E-state index in [9.17, 15) is 5.11 Å². The van der Waals surface area contributed by atoms with Crippen LogP contribution in [0, 0.1) is 0 Å². The van der Waals surface area contributed by atoms with Gasteiger partial charge in [0.1, 0.15) is 23.5 Å². The van der Waals surface area contributed by atoms with Crippen LogP contribution in [0.4, 0.5) is 0 Å². The largest absolute Gasteiger partial charge is 0.497 e. The van der Waals surface area contributed by atoms with Crippen molar-refractivity contribution in [2.75, 3.05) is 13.7 Å². The Labute approximate surface area is 143 Å². The lowest BCUT2D eigenvalue weighted by molar-refractivity contribution is -0.0264. The molecule has 1 aromatic carbocycles. The summed E-state index contributed by atoms with van der Waals surface area (Å²) in [5.74, 6) is 1.75. The van der Waals surface area contributed by atoms with Crippen LogP contribution in [0.5, 0.6) is 5.75 Å². The van der Waals surface area contributed by atoms with Crippen LogP contribution in [0.25, 0.3) is 0 Å². The first kappa shape index (κ1) is 16.9. The Bertz CT molecular complexity index is 666. The molecule has 130 valence electrons. The zero-order valence-corrected chi connectivity index (χ0v) is 14.6. The summed E-state index contributed by atoms with van der Waals surface area (Å²) < 4.78 is 7.13. The van der Waals surface area contributed by atoms with E-state index < -0.39 is 5.60 Å². The van der Waals surface area contributed by atoms with Gasteiger partial charge in [-0.2, -0.15) is 5.10 Å². The second-order valence-electron chi connectivity index (χ2n) is 6.50. The Morgan fingerprint density at radius 2 is 2.08 bits per heavy atom. The molecule has 0 radical (unpaired) electrons. The van der Waals surface area contributed by atoms with E-state index in [0.717, 1.165) is 43.1 Å². The molecule has 6 heteroatoms. The minimum Gasteiger partial charge on any atom is -0.497 e. The lowest BCUT2D eigenvalue weighted by Crippen LogP contribution is -2.45. The Kier molecular flexibility index (Phi) is 4.87. The summed E-state index contributed by atoms with van der Waals surface area (Å²) >= 11 is 0. The Morgan fingerprint density at radius 3 is 2.75 bits per heavy atom. The van der Waals surface area contributed by atoms with Crippen LogP contribution in [0.15, 0.2) is 30.6 Å². The second-order valence-corrected chi connectivity index (χ2v) is 6.50. The Morgan fingerprint density at radius 1 is 1.33 bits per heavy atom. The molecule has 1 fully saturated rings. The van der Waals surface area contributed by atoms with Gasteiger partial charge in [-0.3, -0.25) is 4.90 Å². The van der Waals surface area contributed by atoms with Crippen LogP contribution in [-0.4, -0.2) is 44.5 Å². The number of methoxy groups -OCH3 is 1. The summed E-state index contributed by atoms with van der Waals surface area (Å²) in [4.78, 5) is 6.69. The van der Waals surface area contributed by atoms with Crippen molar-refractivity contribution in [3.8, 4) is 5.75 Å². The summed E-state index contributed by atoms with van der Waals surface area (Å²) in [7, 11) is 1.65. The zero-order chi connectivity index (χ0) is 17.2. The summed E-state index contributed by atoms with van der Waals surface area (Å²) in [6.45, 7) is 6.45. The van der Waals surface area contributed by atoms with Gasteiger partial charge in [-0.15, -0.1) is 0 Å². The number of aromatic nitrogens is 3. The number of ether oxygens (including phenoxy) is 1. The van der Waals surface area contributed by atoms with Gasteiger partial charge in [0.15, 0.2) is 0 Å². The number of aryl methyl sites for hydroxylation is 1. The van der Waals surface area contributed by atoms with Crippen molar-refractivity contribution >= 4 is 0 Å². The molecule has 6 nitrogen and oxygen atoms in total. The average molecular weight is 330 g/mol. The average Bonchev–Trinajstić information content (AvgIpc) is 3.24. The fraction of sp³-hybridized carbons (Fsp3) is 0.556. The molecule has 0 unspecified atom stereocenters. The highest BCUT2D eigenvalue weighted by molar-refractivity contribution is 5.31. The third-order valence-corrected chi connectivity index (χ3v) is 5.03.